The number of rotatable bonds is 5. The van der Waals surface area contributed by atoms with Crippen LogP contribution in [-0.2, 0) is 0 Å². The normalized spacial score (nSPS) is 10.7. The van der Waals surface area contributed by atoms with Gasteiger partial charge in [-0.1, -0.05) is 40.8 Å². The van der Waals surface area contributed by atoms with Crippen molar-refractivity contribution in [1.82, 2.24) is 10.2 Å². The molecule has 122 valence electrons. The van der Waals surface area contributed by atoms with Gasteiger partial charge in [0.2, 0.25) is 5.13 Å². The van der Waals surface area contributed by atoms with Gasteiger partial charge < -0.3 is 4.42 Å². The van der Waals surface area contributed by atoms with E-state index in [1.807, 2.05) is 13.0 Å². The minimum Gasteiger partial charge on any atom is -0.451 e. The molecule has 3 aromatic rings. The molecule has 1 aromatic carbocycles. The van der Waals surface area contributed by atoms with Gasteiger partial charge in [-0.2, -0.15) is 0 Å². The third-order valence-corrected chi connectivity index (χ3v) is 5.03. The first-order valence-corrected chi connectivity index (χ1v) is 8.80. The summed E-state index contributed by atoms with van der Waals surface area (Å²) in [7, 11) is 0. The number of hydrogen-bond acceptors (Lipinski definition) is 7. The van der Waals surface area contributed by atoms with Crippen molar-refractivity contribution in [1.29, 1.82) is 0 Å². The molecule has 1 amide bonds. The van der Waals surface area contributed by atoms with Crippen molar-refractivity contribution in [2.45, 2.75) is 11.3 Å². The number of nitrogens with one attached hydrogen (secondary N) is 1. The average molecular weight is 359 g/mol. The summed E-state index contributed by atoms with van der Waals surface area (Å²) in [6.07, 6.45) is 1.76. The molecule has 6 nitrogen and oxygen atoms in total. The molecule has 0 aliphatic heterocycles. The molecular weight excluding hydrogens is 346 g/mol. The second kappa shape index (κ2) is 6.98. The zero-order valence-corrected chi connectivity index (χ0v) is 14.4. The molecule has 0 saturated carbocycles. The third-order valence-electron chi connectivity index (χ3n) is 3.06. The molecule has 0 spiro atoms. The van der Waals surface area contributed by atoms with Crippen LogP contribution in [0.1, 0.15) is 16.1 Å². The predicted molar refractivity (Wildman–Crippen MR) is 96.0 cm³/mol. The maximum Gasteiger partial charge on any atom is 0.293 e. The smallest absolute Gasteiger partial charge is 0.293 e. The lowest BCUT2D eigenvalue weighted by atomic mass is 10.1. The van der Waals surface area contributed by atoms with Crippen LogP contribution < -0.4 is 10.7 Å². The van der Waals surface area contributed by atoms with E-state index in [1.165, 1.54) is 29.2 Å². The minimum atomic E-state index is -0.536. The number of carbonyl (C=O) groups excluding carboxylic acids is 1. The fourth-order valence-corrected chi connectivity index (χ4v) is 3.50. The van der Waals surface area contributed by atoms with E-state index < -0.39 is 5.91 Å². The highest BCUT2D eigenvalue weighted by atomic mass is 32.2. The van der Waals surface area contributed by atoms with E-state index in [2.05, 4.69) is 22.1 Å². The summed E-state index contributed by atoms with van der Waals surface area (Å²) < 4.78 is 6.25. The second-order valence-electron chi connectivity index (χ2n) is 4.90. The largest absolute Gasteiger partial charge is 0.451 e. The highest BCUT2D eigenvalue weighted by Crippen LogP contribution is 2.25. The number of thioether (sulfide) groups is 1. The van der Waals surface area contributed by atoms with Gasteiger partial charge in [-0.15, -0.1) is 16.8 Å². The molecule has 2 heterocycles. The van der Waals surface area contributed by atoms with Crippen molar-refractivity contribution in [3.05, 3.63) is 58.5 Å². The van der Waals surface area contributed by atoms with E-state index in [0.29, 0.717) is 21.9 Å². The maximum atomic E-state index is 12.3. The van der Waals surface area contributed by atoms with Gasteiger partial charge in [0.05, 0.1) is 5.39 Å². The van der Waals surface area contributed by atoms with Gasteiger partial charge in [-0.05, 0) is 19.1 Å². The molecular formula is C16H13N3O3S2. The van der Waals surface area contributed by atoms with E-state index in [-0.39, 0.29) is 11.2 Å². The maximum absolute atomic E-state index is 12.3. The summed E-state index contributed by atoms with van der Waals surface area (Å²) >= 11 is 2.72. The number of carbonyl (C=O) groups is 1. The minimum absolute atomic E-state index is 0.0631. The molecule has 1 N–H and O–H groups in total. The lowest BCUT2D eigenvalue weighted by molar-refractivity contribution is 0.0997. The third kappa shape index (κ3) is 3.55. The SMILES string of the molecule is C=CCSc1nnc(NC(=O)c2cc(=O)c3cc(C)ccc3o2)s1. The molecule has 0 aliphatic carbocycles. The first kappa shape index (κ1) is 16.4. The van der Waals surface area contributed by atoms with E-state index in [9.17, 15) is 9.59 Å². The highest BCUT2D eigenvalue weighted by Gasteiger charge is 2.15. The van der Waals surface area contributed by atoms with Gasteiger partial charge in [0.1, 0.15) is 5.58 Å². The van der Waals surface area contributed by atoms with Crippen molar-refractivity contribution >= 4 is 45.1 Å². The van der Waals surface area contributed by atoms with Gasteiger partial charge in [-0.25, -0.2) is 0 Å². The number of benzene rings is 1. The van der Waals surface area contributed by atoms with Crippen LogP contribution in [0.15, 0.2) is 50.5 Å². The Bertz CT molecular complexity index is 978. The predicted octanol–water partition coefficient (Wildman–Crippen LogP) is 3.48. The molecule has 0 unspecified atom stereocenters. The Kier molecular flexibility index (Phi) is 4.77. The number of nitrogens with zero attached hydrogens (tertiary/aromatic N) is 2. The Labute approximate surface area is 145 Å². The fraction of sp³-hybridized carbons (Fsp3) is 0.125. The van der Waals surface area contributed by atoms with Crippen LogP contribution in [0, 0.1) is 6.92 Å². The number of aryl methyl sites for hydroxylation is 1. The first-order valence-electron chi connectivity index (χ1n) is 7.00. The van der Waals surface area contributed by atoms with E-state index in [0.717, 1.165) is 9.90 Å². The lowest BCUT2D eigenvalue weighted by Crippen LogP contribution is -2.14. The molecule has 0 radical (unpaired) electrons. The Morgan fingerprint density at radius 1 is 1.42 bits per heavy atom. The zero-order chi connectivity index (χ0) is 17.1. The Balaban J connectivity index is 1.83. The monoisotopic (exact) mass is 359 g/mol. The molecule has 2 aromatic heterocycles. The van der Waals surface area contributed by atoms with E-state index >= 15 is 0 Å². The topological polar surface area (TPSA) is 85.1 Å². The molecule has 0 atom stereocenters. The molecule has 0 bridgehead atoms. The zero-order valence-electron chi connectivity index (χ0n) is 12.7. The van der Waals surface area contributed by atoms with Crippen LogP contribution in [0.25, 0.3) is 11.0 Å². The van der Waals surface area contributed by atoms with Gasteiger partial charge >= 0.3 is 0 Å². The molecule has 8 heteroatoms. The summed E-state index contributed by atoms with van der Waals surface area (Å²) in [5.74, 6) is 0.111. The molecule has 0 fully saturated rings. The van der Waals surface area contributed by atoms with Crippen LogP contribution in [0.4, 0.5) is 5.13 Å². The molecule has 0 aliphatic rings. The van der Waals surface area contributed by atoms with Crippen LogP contribution in [0.3, 0.4) is 0 Å². The van der Waals surface area contributed by atoms with Crippen LogP contribution in [0.5, 0.6) is 0 Å². The number of anilines is 1. The Morgan fingerprint density at radius 3 is 3.04 bits per heavy atom. The van der Waals surface area contributed by atoms with E-state index in [4.69, 9.17) is 4.42 Å². The van der Waals surface area contributed by atoms with Crippen molar-refractivity contribution in [2.24, 2.45) is 0 Å². The van der Waals surface area contributed by atoms with Crippen molar-refractivity contribution < 1.29 is 9.21 Å². The number of amides is 1. The summed E-state index contributed by atoms with van der Waals surface area (Å²) in [5, 5.41) is 11.2. The highest BCUT2D eigenvalue weighted by molar-refractivity contribution is 8.01. The van der Waals surface area contributed by atoms with Crippen LogP contribution in [-0.4, -0.2) is 21.9 Å². The summed E-state index contributed by atoms with van der Waals surface area (Å²) in [4.78, 5) is 24.4. The fourth-order valence-electron chi connectivity index (χ4n) is 1.99. The Hall–Kier alpha value is -2.45. The van der Waals surface area contributed by atoms with E-state index in [1.54, 1.807) is 18.2 Å². The van der Waals surface area contributed by atoms with Crippen molar-refractivity contribution in [3.8, 4) is 0 Å². The van der Waals surface area contributed by atoms with Crippen LogP contribution in [0.2, 0.25) is 0 Å². The first-order chi connectivity index (χ1) is 11.6. The Morgan fingerprint density at radius 2 is 2.25 bits per heavy atom. The van der Waals surface area contributed by atoms with Gasteiger partial charge in [0, 0.05) is 11.8 Å². The molecule has 24 heavy (non-hydrogen) atoms. The van der Waals surface area contributed by atoms with Gasteiger partial charge in [0.15, 0.2) is 15.5 Å². The van der Waals surface area contributed by atoms with Gasteiger partial charge in [0.25, 0.3) is 5.91 Å². The summed E-state index contributed by atoms with van der Waals surface area (Å²) in [5.41, 5.74) is 1.06. The van der Waals surface area contributed by atoms with Crippen molar-refractivity contribution in [3.63, 3.8) is 0 Å². The summed E-state index contributed by atoms with van der Waals surface area (Å²) in [6, 6.07) is 6.42. The second-order valence-corrected chi connectivity index (χ2v) is 7.15. The number of hydrogen-bond donors (Lipinski definition) is 1. The van der Waals surface area contributed by atoms with Crippen LogP contribution >= 0.6 is 23.1 Å². The summed E-state index contributed by atoms with van der Waals surface area (Å²) in [6.45, 7) is 5.52. The lowest BCUT2D eigenvalue weighted by Gasteiger charge is -2.03. The molecule has 3 rings (SSSR count). The number of aromatic nitrogens is 2. The van der Waals surface area contributed by atoms with Gasteiger partial charge in [-0.3, -0.25) is 14.9 Å². The quantitative estimate of drug-likeness (QED) is 0.426. The number of fused-ring (bicyclic) bond motifs is 1. The standard InChI is InChI=1S/C16H13N3O3S2/c1-3-6-23-16-19-18-15(24-16)17-14(21)13-8-11(20)10-7-9(2)4-5-12(10)22-13/h3-5,7-8H,1,6H2,2H3,(H,17,18,21). The van der Waals surface area contributed by atoms with Crippen molar-refractivity contribution in [2.75, 3.05) is 11.1 Å². The molecule has 0 saturated heterocycles. The average Bonchev–Trinajstić information content (AvgIpc) is 3.00.